The molecule has 0 heterocycles. The molecule has 0 spiro atoms. The molecule has 1 aliphatic rings. The van der Waals surface area contributed by atoms with Gasteiger partial charge in [-0.3, -0.25) is 4.79 Å². The molecule has 0 aromatic carbocycles. The van der Waals surface area contributed by atoms with E-state index < -0.39 is 0 Å². The molecular formula is C15H30N2O2. The molecule has 3 N–H and O–H groups in total. The average Bonchev–Trinajstić information content (AvgIpc) is 2.42. The fraction of sp³-hybridized carbons (Fsp3) is 0.933. The van der Waals surface area contributed by atoms with E-state index >= 15 is 0 Å². The van der Waals surface area contributed by atoms with Crippen LogP contribution in [0.4, 0.5) is 0 Å². The van der Waals surface area contributed by atoms with E-state index in [4.69, 9.17) is 10.5 Å². The van der Waals surface area contributed by atoms with Gasteiger partial charge in [0.2, 0.25) is 5.91 Å². The number of hydrogen-bond donors (Lipinski definition) is 2. The van der Waals surface area contributed by atoms with Crippen molar-refractivity contribution >= 4 is 5.91 Å². The van der Waals surface area contributed by atoms with Crippen molar-refractivity contribution in [3.05, 3.63) is 0 Å². The van der Waals surface area contributed by atoms with Crippen molar-refractivity contribution in [2.75, 3.05) is 26.3 Å². The normalized spacial score (nSPS) is 23.6. The van der Waals surface area contributed by atoms with Crippen LogP contribution in [0.3, 0.4) is 0 Å². The summed E-state index contributed by atoms with van der Waals surface area (Å²) in [5.74, 6) is 1.33. The molecule has 0 radical (unpaired) electrons. The third kappa shape index (κ3) is 6.39. The fourth-order valence-electron chi connectivity index (χ4n) is 2.63. The molecule has 112 valence electrons. The van der Waals surface area contributed by atoms with Gasteiger partial charge < -0.3 is 15.8 Å². The smallest absolute Gasteiger partial charge is 0.223 e. The molecule has 0 aromatic rings. The van der Waals surface area contributed by atoms with Crippen molar-refractivity contribution in [2.45, 2.75) is 46.0 Å². The Kier molecular flexibility index (Phi) is 8.07. The topological polar surface area (TPSA) is 64.3 Å². The number of hydrogen-bond acceptors (Lipinski definition) is 3. The summed E-state index contributed by atoms with van der Waals surface area (Å²) < 4.78 is 5.50. The van der Waals surface area contributed by atoms with Crippen molar-refractivity contribution < 1.29 is 9.53 Å². The Bertz CT molecular complexity index is 257. The van der Waals surface area contributed by atoms with E-state index in [0.29, 0.717) is 31.5 Å². The maximum atomic E-state index is 12.1. The number of carbonyl (C=O) groups is 1. The Balaban J connectivity index is 2.12. The van der Waals surface area contributed by atoms with Crippen molar-refractivity contribution in [3.63, 3.8) is 0 Å². The first-order valence-electron chi connectivity index (χ1n) is 7.70. The standard InChI is InChI=1S/C15H30N2O2/c1-12(2)7-9-19-10-8-17-15(18)14-6-4-3-5-13(14)11-16/h12-14H,3-11,16H2,1-2H3,(H,17,18). The zero-order chi connectivity index (χ0) is 14.1. The highest BCUT2D eigenvalue weighted by Crippen LogP contribution is 2.29. The lowest BCUT2D eigenvalue weighted by Gasteiger charge is -2.29. The summed E-state index contributed by atoms with van der Waals surface area (Å²) >= 11 is 0. The van der Waals surface area contributed by atoms with Gasteiger partial charge in [0.1, 0.15) is 0 Å². The zero-order valence-electron chi connectivity index (χ0n) is 12.5. The quantitative estimate of drug-likeness (QED) is 0.662. The first-order chi connectivity index (χ1) is 9.15. The van der Waals surface area contributed by atoms with E-state index in [2.05, 4.69) is 19.2 Å². The minimum atomic E-state index is 0.120. The molecule has 19 heavy (non-hydrogen) atoms. The van der Waals surface area contributed by atoms with E-state index in [1.165, 1.54) is 6.42 Å². The minimum absolute atomic E-state index is 0.120. The van der Waals surface area contributed by atoms with Crippen molar-refractivity contribution in [1.82, 2.24) is 5.32 Å². The molecule has 2 unspecified atom stereocenters. The molecule has 0 saturated heterocycles. The second kappa shape index (κ2) is 9.32. The van der Waals surface area contributed by atoms with Crippen molar-refractivity contribution in [3.8, 4) is 0 Å². The van der Waals surface area contributed by atoms with Gasteiger partial charge in [-0.25, -0.2) is 0 Å². The van der Waals surface area contributed by atoms with Crippen LogP contribution in [-0.2, 0) is 9.53 Å². The zero-order valence-corrected chi connectivity index (χ0v) is 12.5. The Morgan fingerprint density at radius 2 is 2.05 bits per heavy atom. The molecule has 2 atom stereocenters. The maximum Gasteiger partial charge on any atom is 0.223 e. The van der Waals surface area contributed by atoms with Gasteiger partial charge >= 0.3 is 0 Å². The predicted molar refractivity (Wildman–Crippen MR) is 77.8 cm³/mol. The molecule has 1 saturated carbocycles. The van der Waals surface area contributed by atoms with Crippen LogP contribution in [-0.4, -0.2) is 32.2 Å². The third-order valence-corrected chi connectivity index (χ3v) is 3.93. The van der Waals surface area contributed by atoms with Crippen LogP contribution in [0.5, 0.6) is 0 Å². The van der Waals surface area contributed by atoms with Crippen LogP contribution in [0.25, 0.3) is 0 Å². The molecule has 1 amide bonds. The summed E-state index contributed by atoms with van der Waals surface area (Å²) in [6, 6.07) is 0. The van der Waals surface area contributed by atoms with Gasteiger partial charge in [0.25, 0.3) is 0 Å². The van der Waals surface area contributed by atoms with E-state index in [1.807, 2.05) is 0 Å². The molecule has 4 nitrogen and oxygen atoms in total. The van der Waals surface area contributed by atoms with Crippen LogP contribution in [0, 0.1) is 17.8 Å². The first-order valence-corrected chi connectivity index (χ1v) is 7.70. The summed E-state index contributed by atoms with van der Waals surface area (Å²) in [7, 11) is 0. The van der Waals surface area contributed by atoms with Crippen LogP contribution < -0.4 is 11.1 Å². The number of ether oxygens (including phenoxy) is 1. The number of nitrogens with two attached hydrogens (primary N) is 1. The van der Waals surface area contributed by atoms with Crippen LogP contribution >= 0.6 is 0 Å². The highest BCUT2D eigenvalue weighted by atomic mass is 16.5. The SMILES string of the molecule is CC(C)CCOCCNC(=O)C1CCCCC1CN. The summed E-state index contributed by atoms with van der Waals surface area (Å²) in [6.07, 6.45) is 5.52. The lowest BCUT2D eigenvalue weighted by atomic mass is 9.79. The predicted octanol–water partition coefficient (Wildman–Crippen LogP) is 1.93. The monoisotopic (exact) mass is 270 g/mol. The second-order valence-electron chi connectivity index (χ2n) is 5.97. The van der Waals surface area contributed by atoms with Gasteiger partial charge in [0.15, 0.2) is 0 Å². The lowest BCUT2D eigenvalue weighted by molar-refractivity contribution is -0.127. The molecule has 1 rings (SSSR count). The highest BCUT2D eigenvalue weighted by molar-refractivity contribution is 5.79. The Hall–Kier alpha value is -0.610. The fourth-order valence-corrected chi connectivity index (χ4v) is 2.63. The van der Waals surface area contributed by atoms with Crippen molar-refractivity contribution in [2.24, 2.45) is 23.5 Å². The summed E-state index contributed by atoms with van der Waals surface area (Å²) in [6.45, 7) is 7.00. The number of nitrogens with one attached hydrogen (secondary N) is 1. The Morgan fingerprint density at radius 3 is 2.74 bits per heavy atom. The first kappa shape index (κ1) is 16.4. The van der Waals surface area contributed by atoms with Gasteiger partial charge in [-0.05, 0) is 37.6 Å². The molecule has 0 aliphatic heterocycles. The second-order valence-corrected chi connectivity index (χ2v) is 5.97. The van der Waals surface area contributed by atoms with Gasteiger partial charge in [-0.1, -0.05) is 26.7 Å². The molecule has 1 fully saturated rings. The highest BCUT2D eigenvalue weighted by Gasteiger charge is 2.29. The van der Waals surface area contributed by atoms with E-state index in [1.54, 1.807) is 0 Å². The Morgan fingerprint density at radius 1 is 1.32 bits per heavy atom. The maximum absolute atomic E-state index is 12.1. The van der Waals surface area contributed by atoms with Crippen LogP contribution in [0.2, 0.25) is 0 Å². The van der Waals surface area contributed by atoms with E-state index in [0.717, 1.165) is 32.3 Å². The van der Waals surface area contributed by atoms with Crippen LogP contribution in [0.1, 0.15) is 46.0 Å². The number of amides is 1. The molecule has 4 heteroatoms. The third-order valence-electron chi connectivity index (χ3n) is 3.93. The molecule has 0 bridgehead atoms. The average molecular weight is 270 g/mol. The van der Waals surface area contributed by atoms with Gasteiger partial charge in [0, 0.05) is 19.1 Å². The van der Waals surface area contributed by atoms with Gasteiger partial charge in [0.05, 0.1) is 6.61 Å². The largest absolute Gasteiger partial charge is 0.380 e. The van der Waals surface area contributed by atoms with E-state index in [-0.39, 0.29) is 11.8 Å². The lowest BCUT2D eigenvalue weighted by Crippen LogP contribution is -2.40. The van der Waals surface area contributed by atoms with Crippen LogP contribution in [0.15, 0.2) is 0 Å². The molecular weight excluding hydrogens is 240 g/mol. The van der Waals surface area contributed by atoms with E-state index in [9.17, 15) is 4.79 Å². The Labute approximate surface area is 117 Å². The number of rotatable bonds is 8. The summed E-state index contributed by atoms with van der Waals surface area (Å²) in [5, 5.41) is 2.99. The van der Waals surface area contributed by atoms with Gasteiger partial charge in [-0.2, -0.15) is 0 Å². The minimum Gasteiger partial charge on any atom is -0.380 e. The summed E-state index contributed by atoms with van der Waals surface area (Å²) in [5.41, 5.74) is 5.75. The van der Waals surface area contributed by atoms with Crippen molar-refractivity contribution in [1.29, 1.82) is 0 Å². The van der Waals surface area contributed by atoms with Gasteiger partial charge in [-0.15, -0.1) is 0 Å². The molecule has 0 aromatic heterocycles. The number of carbonyl (C=O) groups excluding carboxylic acids is 1. The summed E-state index contributed by atoms with van der Waals surface area (Å²) in [4.78, 5) is 12.1. The molecule has 1 aliphatic carbocycles.